The summed E-state index contributed by atoms with van der Waals surface area (Å²) in [6, 6.07) is 0. The van der Waals surface area contributed by atoms with Gasteiger partial charge in [-0.3, -0.25) is 4.55 Å². The van der Waals surface area contributed by atoms with Gasteiger partial charge < -0.3 is 10.2 Å². The van der Waals surface area contributed by atoms with Gasteiger partial charge in [-0.05, 0) is 0 Å². The van der Waals surface area contributed by atoms with Crippen LogP contribution >= 0.6 is 0 Å². The molecule has 0 aromatic heterocycles. The van der Waals surface area contributed by atoms with Crippen LogP contribution in [-0.4, -0.2) is 38.7 Å². The Labute approximate surface area is 61.5 Å². The van der Waals surface area contributed by atoms with Crippen molar-refractivity contribution in [3.05, 3.63) is 0 Å². The lowest BCUT2D eigenvalue weighted by Gasteiger charge is -2.08. The van der Waals surface area contributed by atoms with E-state index in [1.165, 1.54) is 0 Å². The first kappa shape index (κ1) is 9.99. The normalized spacial score (nSPS) is 14.0. The third kappa shape index (κ3) is 4.83. The Hall–Kier alpha value is -0.0100. The van der Waals surface area contributed by atoms with E-state index >= 15 is 0 Å². The molecule has 10 heavy (non-hydrogen) atoms. The van der Waals surface area contributed by atoms with Crippen molar-refractivity contribution in [2.75, 3.05) is 19.8 Å². The van der Waals surface area contributed by atoms with E-state index < -0.39 is 11.3 Å². The summed E-state index contributed by atoms with van der Waals surface area (Å²) in [5.41, 5.74) is 0. The molecule has 0 saturated carbocycles. The zero-order valence-corrected chi connectivity index (χ0v) is 6.17. The maximum absolute atomic E-state index is 9.97. The lowest BCUT2D eigenvalue weighted by molar-refractivity contribution is 0.152. The smallest absolute Gasteiger partial charge is 0.231 e. The van der Waals surface area contributed by atoms with Crippen molar-refractivity contribution < 1.29 is 19.0 Å². The van der Waals surface area contributed by atoms with Gasteiger partial charge in [-0.15, -0.1) is 0 Å². The highest BCUT2D eigenvalue weighted by Crippen LogP contribution is 1.89. The van der Waals surface area contributed by atoms with E-state index in [0.29, 0.717) is 0 Å². The van der Waals surface area contributed by atoms with E-state index in [0.717, 1.165) is 0 Å². The Morgan fingerprint density at radius 3 is 2.20 bits per heavy atom. The molecule has 0 aliphatic heterocycles. The van der Waals surface area contributed by atoms with Gasteiger partial charge in [-0.1, -0.05) is 0 Å². The summed E-state index contributed by atoms with van der Waals surface area (Å²) < 4.78 is 20.3. The van der Waals surface area contributed by atoms with Crippen molar-refractivity contribution in [2.24, 2.45) is 5.92 Å². The van der Waals surface area contributed by atoms with Gasteiger partial charge in [0.1, 0.15) is 0 Å². The molecule has 1 atom stereocenters. The van der Waals surface area contributed by atoms with Crippen LogP contribution in [0.2, 0.25) is 0 Å². The minimum atomic E-state index is -2.06. The standard InChI is InChI=1S/C4H11NO4S/c6-2-4(3-7)1-5-10(8)9/h4-7H,1-3H2,(H,8,9). The highest BCUT2D eigenvalue weighted by atomic mass is 32.2. The maximum atomic E-state index is 9.97. The molecule has 6 heteroatoms. The maximum Gasteiger partial charge on any atom is 0.231 e. The Kier molecular flexibility index (Phi) is 5.74. The molecule has 0 aliphatic rings. The van der Waals surface area contributed by atoms with Crippen LogP contribution in [0.4, 0.5) is 0 Å². The zero-order chi connectivity index (χ0) is 7.98. The molecule has 0 radical (unpaired) electrons. The Bertz CT molecular complexity index is 105. The minimum absolute atomic E-state index is 0.135. The van der Waals surface area contributed by atoms with E-state index in [1.54, 1.807) is 0 Å². The summed E-state index contributed by atoms with van der Waals surface area (Å²) in [7, 11) is 0. The quantitative estimate of drug-likeness (QED) is 0.370. The number of nitrogens with one attached hydrogen (secondary N) is 1. The molecule has 0 amide bonds. The van der Waals surface area contributed by atoms with Crippen LogP contribution in [-0.2, 0) is 11.3 Å². The van der Waals surface area contributed by atoms with Crippen LogP contribution in [0.1, 0.15) is 0 Å². The van der Waals surface area contributed by atoms with E-state index in [2.05, 4.69) is 4.72 Å². The Balaban J connectivity index is 3.34. The lowest BCUT2D eigenvalue weighted by Crippen LogP contribution is -2.28. The van der Waals surface area contributed by atoms with Crippen LogP contribution < -0.4 is 4.72 Å². The summed E-state index contributed by atoms with van der Waals surface area (Å²) in [4.78, 5) is 0. The summed E-state index contributed by atoms with van der Waals surface area (Å²) in [6.07, 6.45) is 0. The molecule has 0 spiro atoms. The molecule has 0 aromatic rings. The van der Waals surface area contributed by atoms with Crippen LogP contribution in [0, 0.1) is 5.92 Å². The third-order valence-corrected chi connectivity index (χ3v) is 1.43. The van der Waals surface area contributed by atoms with E-state index in [4.69, 9.17) is 14.8 Å². The minimum Gasteiger partial charge on any atom is -0.396 e. The number of rotatable bonds is 5. The highest BCUT2D eigenvalue weighted by molar-refractivity contribution is 7.77. The molecule has 0 rings (SSSR count). The van der Waals surface area contributed by atoms with Gasteiger partial charge in [-0.2, -0.15) is 0 Å². The number of hydrogen-bond donors (Lipinski definition) is 4. The average molecular weight is 169 g/mol. The van der Waals surface area contributed by atoms with Crippen molar-refractivity contribution in [1.29, 1.82) is 0 Å². The van der Waals surface area contributed by atoms with Crippen molar-refractivity contribution in [1.82, 2.24) is 4.72 Å². The molecule has 0 heterocycles. The first-order chi connectivity index (χ1) is 4.70. The molecule has 5 nitrogen and oxygen atoms in total. The third-order valence-electron chi connectivity index (χ3n) is 1.01. The highest BCUT2D eigenvalue weighted by Gasteiger charge is 2.05. The van der Waals surface area contributed by atoms with Gasteiger partial charge in [0.2, 0.25) is 11.3 Å². The molecule has 0 aromatic carbocycles. The predicted molar refractivity (Wildman–Crippen MR) is 36.4 cm³/mol. The molecular weight excluding hydrogens is 158 g/mol. The summed E-state index contributed by atoms with van der Waals surface area (Å²) in [5, 5.41) is 16.9. The second kappa shape index (κ2) is 5.75. The van der Waals surface area contributed by atoms with E-state index in [1.807, 2.05) is 0 Å². The number of aliphatic hydroxyl groups is 2. The molecule has 0 fully saturated rings. The fraction of sp³-hybridized carbons (Fsp3) is 1.00. The number of hydrogen-bond acceptors (Lipinski definition) is 3. The SMILES string of the molecule is O=S(O)NCC(CO)CO. The second-order valence-electron chi connectivity index (χ2n) is 1.83. The first-order valence-electron chi connectivity index (χ1n) is 2.76. The van der Waals surface area contributed by atoms with E-state index in [9.17, 15) is 4.21 Å². The molecule has 0 bridgehead atoms. The topological polar surface area (TPSA) is 89.8 Å². The molecular formula is C4H11NO4S. The average Bonchev–Trinajstić information content (AvgIpc) is 1.90. The van der Waals surface area contributed by atoms with Crippen molar-refractivity contribution in [3.63, 3.8) is 0 Å². The van der Waals surface area contributed by atoms with Crippen LogP contribution in [0.5, 0.6) is 0 Å². The van der Waals surface area contributed by atoms with Gasteiger partial charge >= 0.3 is 0 Å². The second-order valence-corrected chi connectivity index (χ2v) is 2.62. The summed E-state index contributed by atoms with van der Waals surface area (Å²) >= 11 is -2.06. The number of aliphatic hydroxyl groups excluding tert-OH is 2. The zero-order valence-electron chi connectivity index (χ0n) is 5.36. The van der Waals surface area contributed by atoms with Crippen LogP contribution in [0.15, 0.2) is 0 Å². The summed E-state index contributed by atoms with van der Waals surface area (Å²) in [6.45, 7) is -0.252. The summed E-state index contributed by atoms with van der Waals surface area (Å²) in [5.74, 6) is -0.365. The van der Waals surface area contributed by atoms with Crippen molar-refractivity contribution >= 4 is 11.3 Å². The van der Waals surface area contributed by atoms with Crippen molar-refractivity contribution in [2.45, 2.75) is 0 Å². The van der Waals surface area contributed by atoms with Gasteiger partial charge in [0.25, 0.3) is 0 Å². The van der Waals surface area contributed by atoms with Gasteiger partial charge in [0.15, 0.2) is 0 Å². The lowest BCUT2D eigenvalue weighted by atomic mass is 10.2. The van der Waals surface area contributed by atoms with Gasteiger partial charge in [-0.25, -0.2) is 8.93 Å². The van der Waals surface area contributed by atoms with Crippen molar-refractivity contribution in [3.8, 4) is 0 Å². The molecule has 1 unspecified atom stereocenters. The molecule has 0 saturated heterocycles. The molecule has 0 aliphatic carbocycles. The Morgan fingerprint density at radius 2 is 1.90 bits per heavy atom. The van der Waals surface area contributed by atoms with Gasteiger partial charge in [0, 0.05) is 25.7 Å². The molecule has 62 valence electrons. The fourth-order valence-electron chi connectivity index (χ4n) is 0.376. The fourth-order valence-corrected chi connectivity index (χ4v) is 0.754. The van der Waals surface area contributed by atoms with E-state index in [-0.39, 0.29) is 25.7 Å². The molecule has 4 N–H and O–H groups in total. The van der Waals surface area contributed by atoms with Crippen LogP contribution in [0.3, 0.4) is 0 Å². The predicted octanol–water partition coefficient (Wildman–Crippen LogP) is -1.69. The van der Waals surface area contributed by atoms with Gasteiger partial charge in [0.05, 0.1) is 0 Å². The Morgan fingerprint density at radius 1 is 1.40 bits per heavy atom. The van der Waals surface area contributed by atoms with Crippen LogP contribution in [0.25, 0.3) is 0 Å². The largest absolute Gasteiger partial charge is 0.396 e. The monoisotopic (exact) mass is 169 g/mol. The first-order valence-corrected chi connectivity index (χ1v) is 3.87.